The normalized spacial score (nSPS) is 37.7. The highest BCUT2D eigenvalue weighted by molar-refractivity contribution is 7.99. The first-order valence-electron chi connectivity index (χ1n) is 5.74. The van der Waals surface area contributed by atoms with Crippen molar-refractivity contribution in [3.05, 3.63) is 0 Å². The lowest BCUT2D eigenvalue weighted by Crippen LogP contribution is -2.41. The molecule has 2 heterocycles. The largest absolute Gasteiger partial charge is 0.394 e. The van der Waals surface area contributed by atoms with E-state index in [1.165, 1.54) is 43.9 Å². The summed E-state index contributed by atoms with van der Waals surface area (Å²) in [5, 5.41) is 9.52. The molecule has 0 aromatic carbocycles. The Bertz CT molecular complexity index is 200. The molecule has 0 spiro atoms. The fourth-order valence-corrected chi connectivity index (χ4v) is 3.86. The van der Waals surface area contributed by atoms with Crippen molar-refractivity contribution in [3.8, 4) is 0 Å². The van der Waals surface area contributed by atoms with Gasteiger partial charge >= 0.3 is 0 Å². The van der Waals surface area contributed by atoms with Crippen molar-refractivity contribution in [3.63, 3.8) is 0 Å². The van der Waals surface area contributed by atoms with Gasteiger partial charge in [0.05, 0.1) is 6.61 Å². The van der Waals surface area contributed by atoms with Gasteiger partial charge in [-0.2, -0.15) is 11.8 Å². The molecule has 2 atom stereocenters. The summed E-state index contributed by atoms with van der Waals surface area (Å²) < 4.78 is 0. The summed E-state index contributed by atoms with van der Waals surface area (Å²) in [6, 6.07) is 0. The summed E-state index contributed by atoms with van der Waals surface area (Å²) in [4.78, 5) is 2.54. The number of nitrogens with zero attached hydrogens (tertiary/aromatic N) is 1. The van der Waals surface area contributed by atoms with Crippen LogP contribution in [0, 0.1) is 5.92 Å². The first kappa shape index (κ1) is 10.8. The zero-order valence-corrected chi connectivity index (χ0v) is 9.85. The second kappa shape index (κ2) is 4.42. The van der Waals surface area contributed by atoms with E-state index < -0.39 is 0 Å². The maximum atomic E-state index is 9.52. The molecule has 0 amide bonds. The number of rotatable bonds is 4. The maximum Gasteiger partial charge on any atom is 0.0615 e. The molecule has 82 valence electrons. The van der Waals surface area contributed by atoms with E-state index in [-0.39, 0.29) is 5.54 Å². The Morgan fingerprint density at radius 2 is 2.43 bits per heavy atom. The Labute approximate surface area is 91.1 Å². The van der Waals surface area contributed by atoms with Crippen LogP contribution in [-0.4, -0.2) is 46.7 Å². The third-order valence-electron chi connectivity index (χ3n) is 3.74. The lowest BCUT2D eigenvalue weighted by molar-refractivity contribution is 0.0998. The molecular formula is C11H21NOS. The number of aliphatic hydroxyl groups excluding tert-OH is 1. The molecule has 0 saturated carbocycles. The molecule has 2 saturated heterocycles. The lowest BCUT2D eigenvalue weighted by atomic mass is 9.92. The van der Waals surface area contributed by atoms with Gasteiger partial charge in [0, 0.05) is 12.1 Å². The van der Waals surface area contributed by atoms with Gasteiger partial charge < -0.3 is 5.11 Å². The molecule has 2 rings (SSSR count). The minimum Gasteiger partial charge on any atom is -0.394 e. The molecule has 3 heteroatoms. The van der Waals surface area contributed by atoms with Crippen molar-refractivity contribution in [1.82, 2.24) is 4.90 Å². The second-order valence-electron chi connectivity index (χ2n) is 4.66. The topological polar surface area (TPSA) is 23.5 Å². The van der Waals surface area contributed by atoms with E-state index in [0.29, 0.717) is 6.61 Å². The van der Waals surface area contributed by atoms with Gasteiger partial charge in [-0.25, -0.2) is 0 Å². The summed E-state index contributed by atoms with van der Waals surface area (Å²) in [6.45, 7) is 5.05. The standard InChI is InChI=1S/C11H21NOS/c1-2-14-8-10-6-11(9-13)4-3-5-12(11)7-10/h10,13H,2-9H2,1H3/t10-,11+/m1/s1. The second-order valence-corrected chi connectivity index (χ2v) is 5.98. The molecule has 2 fully saturated rings. The predicted molar refractivity (Wildman–Crippen MR) is 61.7 cm³/mol. The summed E-state index contributed by atoms with van der Waals surface area (Å²) in [6.07, 6.45) is 3.74. The van der Waals surface area contributed by atoms with Gasteiger partial charge in [-0.15, -0.1) is 0 Å². The van der Waals surface area contributed by atoms with Crippen LogP contribution >= 0.6 is 11.8 Å². The average molecular weight is 215 g/mol. The highest BCUT2D eigenvalue weighted by Gasteiger charge is 2.47. The smallest absolute Gasteiger partial charge is 0.0615 e. The maximum absolute atomic E-state index is 9.52. The van der Waals surface area contributed by atoms with Crippen molar-refractivity contribution < 1.29 is 5.11 Å². The third kappa shape index (κ3) is 1.82. The first-order chi connectivity index (χ1) is 6.80. The van der Waals surface area contributed by atoms with Gasteiger partial charge in [0.2, 0.25) is 0 Å². The molecule has 14 heavy (non-hydrogen) atoms. The van der Waals surface area contributed by atoms with Crippen LogP contribution < -0.4 is 0 Å². The van der Waals surface area contributed by atoms with Crippen molar-refractivity contribution in [2.75, 3.05) is 31.2 Å². The Morgan fingerprint density at radius 3 is 3.07 bits per heavy atom. The quantitative estimate of drug-likeness (QED) is 0.770. The molecule has 2 aliphatic heterocycles. The van der Waals surface area contributed by atoms with Crippen LogP contribution in [0.3, 0.4) is 0 Å². The van der Waals surface area contributed by atoms with Crippen LogP contribution in [0.4, 0.5) is 0 Å². The van der Waals surface area contributed by atoms with Gasteiger partial charge in [-0.3, -0.25) is 4.90 Å². The van der Waals surface area contributed by atoms with E-state index in [1.807, 2.05) is 11.8 Å². The molecule has 0 bridgehead atoms. The molecule has 2 nitrogen and oxygen atoms in total. The summed E-state index contributed by atoms with van der Waals surface area (Å²) in [5.74, 6) is 3.34. The third-order valence-corrected chi connectivity index (χ3v) is 4.86. The van der Waals surface area contributed by atoms with E-state index >= 15 is 0 Å². The number of fused-ring (bicyclic) bond motifs is 1. The van der Waals surface area contributed by atoms with Gasteiger partial charge in [0.1, 0.15) is 0 Å². The van der Waals surface area contributed by atoms with E-state index in [9.17, 15) is 5.11 Å². The van der Waals surface area contributed by atoms with Crippen LogP contribution in [0.5, 0.6) is 0 Å². The van der Waals surface area contributed by atoms with Gasteiger partial charge in [-0.1, -0.05) is 6.92 Å². The molecule has 1 N–H and O–H groups in total. The van der Waals surface area contributed by atoms with E-state index in [2.05, 4.69) is 11.8 Å². The van der Waals surface area contributed by atoms with Crippen molar-refractivity contribution in [2.24, 2.45) is 5.92 Å². The van der Waals surface area contributed by atoms with E-state index in [4.69, 9.17) is 0 Å². The summed E-state index contributed by atoms with van der Waals surface area (Å²) >= 11 is 2.04. The van der Waals surface area contributed by atoms with Crippen molar-refractivity contribution in [2.45, 2.75) is 31.7 Å². The van der Waals surface area contributed by atoms with Gasteiger partial charge in [0.25, 0.3) is 0 Å². The summed E-state index contributed by atoms with van der Waals surface area (Å²) in [5.41, 5.74) is 0.193. The first-order valence-corrected chi connectivity index (χ1v) is 6.90. The number of thioether (sulfide) groups is 1. The van der Waals surface area contributed by atoms with E-state index in [0.717, 1.165) is 5.92 Å². The zero-order chi connectivity index (χ0) is 10.0. The number of hydrogen-bond donors (Lipinski definition) is 1. The molecule has 0 aliphatic carbocycles. The molecule has 0 aromatic rings. The zero-order valence-electron chi connectivity index (χ0n) is 9.04. The monoisotopic (exact) mass is 215 g/mol. The Kier molecular flexibility index (Phi) is 3.40. The SMILES string of the molecule is CCSC[C@H]1CN2CCC[C@@]2(CO)C1. The van der Waals surface area contributed by atoms with Gasteiger partial charge in [-0.05, 0) is 43.2 Å². The highest BCUT2D eigenvalue weighted by atomic mass is 32.2. The molecule has 0 radical (unpaired) electrons. The predicted octanol–water partition coefficient (Wildman–Crippen LogP) is 1.59. The number of aliphatic hydroxyl groups is 1. The van der Waals surface area contributed by atoms with Crippen LogP contribution in [0.1, 0.15) is 26.2 Å². The average Bonchev–Trinajstić information content (AvgIpc) is 2.70. The summed E-state index contributed by atoms with van der Waals surface area (Å²) in [7, 11) is 0. The number of hydrogen-bond acceptors (Lipinski definition) is 3. The molecule has 0 aromatic heterocycles. The Balaban J connectivity index is 1.91. The van der Waals surface area contributed by atoms with Crippen LogP contribution in [0.15, 0.2) is 0 Å². The minimum atomic E-state index is 0.193. The Hall–Kier alpha value is 0.270. The van der Waals surface area contributed by atoms with Crippen molar-refractivity contribution >= 4 is 11.8 Å². The van der Waals surface area contributed by atoms with Crippen LogP contribution in [-0.2, 0) is 0 Å². The highest BCUT2D eigenvalue weighted by Crippen LogP contribution is 2.41. The van der Waals surface area contributed by atoms with Crippen LogP contribution in [0.25, 0.3) is 0 Å². The van der Waals surface area contributed by atoms with Crippen molar-refractivity contribution in [1.29, 1.82) is 0 Å². The van der Waals surface area contributed by atoms with Crippen LogP contribution in [0.2, 0.25) is 0 Å². The Morgan fingerprint density at radius 1 is 1.57 bits per heavy atom. The fraction of sp³-hybridized carbons (Fsp3) is 1.00. The fourth-order valence-electron chi connectivity index (χ4n) is 3.06. The lowest BCUT2D eigenvalue weighted by Gasteiger charge is -2.29. The molecule has 2 aliphatic rings. The molecule has 0 unspecified atom stereocenters. The van der Waals surface area contributed by atoms with Gasteiger partial charge in [0.15, 0.2) is 0 Å². The van der Waals surface area contributed by atoms with E-state index in [1.54, 1.807) is 0 Å². The minimum absolute atomic E-state index is 0.193. The molecular weight excluding hydrogens is 194 g/mol.